The van der Waals surface area contributed by atoms with E-state index in [2.05, 4.69) is 53.9 Å². The molecule has 0 spiro atoms. The van der Waals surface area contributed by atoms with Crippen LogP contribution in [0.25, 0.3) is 0 Å². The van der Waals surface area contributed by atoms with Crippen LogP contribution in [-0.4, -0.2) is 25.7 Å². The SMILES string of the molecule is C=CC#CC#CC1OC1(C#CC#CC)S(C)(=O)=O. The normalized spacial score (nSPS) is 23.6. The van der Waals surface area contributed by atoms with Gasteiger partial charge in [0, 0.05) is 6.26 Å². The molecule has 1 heterocycles. The van der Waals surface area contributed by atoms with Gasteiger partial charge in [-0.1, -0.05) is 24.3 Å². The Morgan fingerprint density at radius 2 is 2.00 bits per heavy atom. The summed E-state index contributed by atoms with van der Waals surface area (Å²) in [6.45, 7) is 5.01. The molecule has 2 unspecified atom stereocenters. The molecule has 0 aromatic rings. The van der Waals surface area contributed by atoms with Crippen LogP contribution >= 0.6 is 0 Å². The number of sulfone groups is 1. The van der Waals surface area contributed by atoms with Crippen molar-refractivity contribution in [3.8, 4) is 47.4 Å². The van der Waals surface area contributed by atoms with E-state index in [0.29, 0.717) is 0 Å². The van der Waals surface area contributed by atoms with Gasteiger partial charge in [-0.05, 0) is 42.6 Å². The largest absolute Gasteiger partial charge is 0.324 e. The molecule has 1 rings (SSSR count). The maximum atomic E-state index is 11.6. The molecule has 0 aliphatic carbocycles. The molecule has 18 heavy (non-hydrogen) atoms. The van der Waals surface area contributed by atoms with Gasteiger partial charge in [0.15, 0.2) is 15.9 Å². The minimum Gasteiger partial charge on any atom is -0.324 e. The van der Waals surface area contributed by atoms with Crippen LogP contribution in [-0.2, 0) is 14.6 Å². The van der Waals surface area contributed by atoms with E-state index in [1.165, 1.54) is 6.08 Å². The zero-order chi connectivity index (χ0) is 13.6. The summed E-state index contributed by atoms with van der Waals surface area (Å²) in [7, 11) is -3.50. The van der Waals surface area contributed by atoms with Crippen LogP contribution in [0.15, 0.2) is 12.7 Å². The van der Waals surface area contributed by atoms with Gasteiger partial charge in [-0.25, -0.2) is 8.42 Å². The fraction of sp³-hybridized carbons (Fsp3) is 0.286. The molecule has 0 amide bonds. The molecule has 1 fully saturated rings. The average Bonchev–Trinajstić information content (AvgIpc) is 3.00. The second kappa shape index (κ2) is 5.48. The van der Waals surface area contributed by atoms with Crippen LogP contribution in [0, 0.1) is 47.4 Å². The van der Waals surface area contributed by atoms with Crippen molar-refractivity contribution in [1.29, 1.82) is 0 Å². The van der Waals surface area contributed by atoms with Gasteiger partial charge in [0.05, 0.1) is 0 Å². The molecule has 1 saturated heterocycles. The van der Waals surface area contributed by atoms with Crippen LogP contribution in [0.2, 0.25) is 0 Å². The number of allylic oxidation sites excluding steroid dienone is 1. The van der Waals surface area contributed by atoms with E-state index in [4.69, 9.17) is 4.74 Å². The third-order valence-electron chi connectivity index (χ3n) is 2.00. The molecule has 1 aliphatic rings. The molecule has 0 aromatic heterocycles. The summed E-state index contributed by atoms with van der Waals surface area (Å²) in [6.07, 6.45) is 1.67. The predicted molar refractivity (Wildman–Crippen MR) is 69.4 cm³/mol. The van der Waals surface area contributed by atoms with Gasteiger partial charge in [-0.15, -0.1) is 0 Å². The lowest BCUT2D eigenvalue weighted by atomic mass is 10.3. The second-order valence-electron chi connectivity index (χ2n) is 3.31. The molecule has 2 atom stereocenters. The number of hydrogen-bond donors (Lipinski definition) is 0. The summed E-state index contributed by atoms with van der Waals surface area (Å²) in [5, 5.41) is 0. The van der Waals surface area contributed by atoms with Gasteiger partial charge in [-0.2, -0.15) is 0 Å². The first-order valence-electron chi connectivity index (χ1n) is 4.91. The van der Waals surface area contributed by atoms with E-state index in [1.807, 2.05) is 0 Å². The van der Waals surface area contributed by atoms with Crippen molar-refractivity contribution in [3.05, 3.63) is 12.7 Å². The number of rotatable bonds is 1. The van der Waals surface area contributed by atoms with E-state index in [9.17, 15) is 8.42 Å². The Kier molecular flexibility index (Phi) is 4.25. The summed E-state index contributed by atoms with van der Waals surface area (Å²) < 4.78 is 28.3. The van der Waals surface area contributed by atoms with Crippen molar-refractivity contribution in [2.75, 3.05) is 6.26 Å². The van der Waals surface area contributed by atoms with Gasteiger partial charge >= 0.3 is 0 Å². The van der Waals surface area contributed by atoms with E-state index in [0.717, 1.165) is 6.26 Å². The molecule has 0 N–H and O–H groups in total. The van der Waals surface area contributed by atoms with Gasteiger partial charge in [0.2, 0.25) is 0 Å². The molecular weight excluding hydrogens is 248 g/mol. The third kappa shape index (κ3) is 2.97. The molecule has 0 bridgehead atoms. The summed E-state index contributed by atoms with van der Waals surface area (Å²) in [5.74, 6) is 20.0. The Balaban J connectivity index is 3.01. The number of epoxide rings is 1. The molecule has 0 aromatic carbocycles. The molecule has 0 radical (unpaired) electrons. The van der Waals surface area contributed by atoms with Gasteiger partial charge in [0.1, 0.15) is 0 Å². The zero-order valence-electron chi connectivity index (χ0n) is 9.99. The highest BCUT2D eigenvalue weighted by Gasteiger charge is 2.64. The summed E-state index contributed by atoms with van der Waals surface area (Å²) in [4.78, 5) is -1.56. The van der Waals surface area contributed by atoms with Crippen LogP contribution < -0.4 is 0 Å². The highest BCUT2D eigenvalue weighted by Crippen LogP contribution is 2.40. The quantitative estimate of drug-likeness (QED) is 0.503. The standard InChI is InChI=1S/C14H10O3S/c1-4-6-8-9-11-13-14(17-13,18(3,15)16)12-10-7-5-2/h4,13H,1H2,2-3H3. The van der Waals surface area contributed by atoms with E-state index >= 15 is 0 Å². The van der Waals surface area contributed by atoms with Crippen molar-refractivity contribution in [2.24, 2.45) is 0 Å². The molecule has 90 valence electrons. The molecule has 3 nitrogen and oxygen atoms in total. The molecule has 1 aliphatic heterocycles. The van der Waals surface area contributed by atoms with Crippen molar-refractivity contribution >= 4 is 9.84 Å². The Morgan fingerprint density at radius 1 is 1.28 bits per heavy atom. The van der Waals surface area contributed by atoms with Crippen LogP contribution in [0.4, 0.5) is 0 Å². The Morgan fingerprint density at radius 3 is 2.56 bits per heavy atom. The minimum absolute atomic E-state index is 0.780. The summed E-state index contributed by atoms with van der Waals surface area (Å²) in [5.41, 5.74) is 0. The Labute approximate surface area is 108 Å². The first-order valence-corrected chi connectivity index (χ1v) is 6.80. The average molecular weight is 258 g/mol. The van der Waals surface area contributed by atoms with Gasteiger partial charge in [0.25, 0.3) is 4.93 Å². The van der Waals surface area contributed by atoms with Crippen LogP contribution in [0.3, 0.4) is 0 Å². The van der Waals surface area contributed by atoms with E-state index in [-0.39, 0.29) is 0 Å². The van der Waals surface area contributed by atoms with Crippen molar-refractivity contribution in [2.45, 2.75) is 18.0 Å². The zero-order valence-corrected chi connectivity index (χ0v) is 10.8. The summed E-state index contributed by atoms with van der Waals surface area (Å²) >= 11 is 0. The Bertz CT molecular complexity index is 700. The molecule has 0 saturated carbocycles. The number of ether oxygens (including phenoxy) is 1. The second-order valence-corrected chi connectivity index (χ2v) is 5.46. The molecular formula is C14H10O3S. The lowest BCUT2D eigenvalue weighted by Gasteiger charge is -1.98. The number of hydrogen-bond acceptors (Lipinski definition) is 3. The Hall–Kier alpha value is -2.11. The highest BCUT2D eigenvalue weighted by molar-refractivity contribution is 7.92. The fourth-order valence-electron chi connectivity index (χ4n) is 1.10. The molecule has 4 heteroatoms. The third-order valence-corrected chi connectivity index (χ3v) is 3.51. The lowest BCUT2D eigenvalue weighted by Crippen LogP contribution is -2.24. The van der Waals surface area contributed by atoms with Gasteiger partial charge < -0.3 is 4.74 Å². The van der Waals surface area contributed by atoms with Crippen molar-refractivity contribution in [3.63, 3.8) is 0 Å². The highest BCUT2D eigenvalue weighted by atomic mass is 32.2. The predicted octanol–water partition coefficient (Wildman–Crippen LogP) is 0.346. The smallest absolute Gasteiger partial charge is 0.270 e. The van der Waals surface area contributed by atoms with Crippen LogP contribution in [0.5, 0.6) is 0 Å². The van der Waals surface area contributed by atoms with Crippen LogP contribution in [0.1, 0.15) is 6.92 Å². The maximum Gasteiger partial charge on any atom is 0.270 e. The fourth-order valence-corrected chi connectivity index (χ4v) is 2.06. The van der Waals surface area contributed by atoms with Gasteiger partial charge in [-0.3, -0.25) is 0 Å². The van der Waals surface area contributed by atoms with Crippen molar-refractivity contribution < 1.29 is 13.2 Å². The summed E-state index contributed by atoms with van der Waals surface area (Å²) in [6, 6.07) is 0. The first-order chi connectivity index (χ1) is 8.48. The first kappa shape index (κ1) is 14.0. The van der Waals surface area contributed by atoms with Crippen molar-refractivity contribution in [1.82, 2.24) is 0 Å². The van der Waals surface area contributed by atoms with E-state index in [1.54, 1.807) is 6.92 Å². The topological polar surface area (TPSA) is 46.7 Å². The maximum absolute atomic E-state index is 11.6. The van der Waals surface area contributed by atoms with E-state index < -0.39 is 20.9 Å². The lowest BCUT2D eigenvalue weighted by molar-refractivity contribution is 0.395. The minimum atomic E-state index is -3.50. The monoisotopic (exact) mass is 258 g/mol.